The van der Waals surface area contributed by atoms with E-state index in [1.54, 1.807) is 6.26 Å². The second-order valence-electron chi connectivity index (χ2n) is 6.48. The fourth-order valence-electron chi connectivity index (χ4n) is 3.13. The Hall–Kier alpha value is -2.44. The molecule has 1 atom stereocenters. The van der Waals surface area contributed by atoms with Crippen LogP contribution < -0.4 is 0 Å². The van der Waals surface area contributed by atoms with Crippen LogP contribution in [0.3, 0.4) is 0 Å². The SMILES string of the molecule is Cc1cnn(C[C@H]2CN(Cc3coc(-c4ccccc4)n3)CCO2)c1. The summed E-state index contributed by atoms with van der Waals surface area (Å²) >= 11 is 0. The van der Waals surface area contributed by atoms with Crippen LogP contribution in [0.4, 0.5) is 0 Å². The zero-order valence-corrected chi connectivity index (χ0v) is 14.3. The van der Waals surface area contributed by atoms with Gasteiger partial charge < -0.3 is 9.15 Å². The molecule has 3 aromatic rings. The molecule has 1 aromatic carbocycles. The van der Waals surface area contributed by atoms with Gasteiger partial charge in [0.05, 0.1) is 31.1 Å². The Morgan fingerprint density at radius 2 is 2.12 bits per heavy atom. The predicted molar refractivity (Wildman–Crippen MR) is 93.9 cm³/mol. The minimum Gasteiger partial charge on any atom is -0.444 e. The van der Waals surface area contributed by atoms with Gasteiger partial charge in [-0.3, -0.25) is 9.58 Å². The first kappa shape index (κ1) is 16.1. The van der Waals surface area contributed by atoms with Crippen LogP contribution in [0.25, 0.3) is 11.5 Å². The summed E-state index contributed by atoms with van der Waals surface area (Å²) in [4.78, 5) is 6.98. The summed E-state index contributed by atoms with van der Waals surface area (Å²) in [6, 6.07) is 9.98. The van der Waals surface area contributed by atoms with Crippen molar-refractivity contribution in [3.05, 3.63) is 60.2 Å². The number of benzene rings is 1. The Kier molecular flexibility index (Phi) is 4.63. The molecule has 0 bridgehead atoms. The summed E-state index contributed by atoms with van der Waals surface area (Å²) in [7, 11) is 0. The number of oxazole rings is 1. The third-order valence-electron chi connectivity index (χ3n) is 4.33. The van der Waals surface area contributed by atoms with Gasteiger partial charge in [-0.25, -0.2) is 4.98 Å². The van der Waals surface area contributed by atoms with Gasteiger partial charge in [0, 0.05) is 31.4 Å². The van der Waals surface area contributed by atoms with E-state index in [1.807, 2.05) is 54.3 Å². The molecule has 1 aliphatic rings. The first-order valence-corrected chi connectivity index (χ1v) is 8.59. The topological polar surface area (TPSA) is 56.3 Å². The lowest BCUT2D eigenvalue weighted by molar-refractivity contribution is -0.0405. The maximum Gasteiger partial charge on any atom is 0.226 e. The van der Waals surface area contributed by atoms with Gasteiger partial charge in [-0.2, -0.15) is 5.10 Å². The molecule has 2 aromatic heterocycles. The maximum atomic E-state index is 5.89. The van der Waals surface area contributed by atoms with Crippen LogP contribution in [0.5, 0.6) is 0 Å². The van der Waals surface area contributed by atoms with Crippen molar-refractivity contribution >= 4 is 0 Å². The number of aromatic nitrogens is 3. The van der Waals surface area contributed by atoms with Crippen LogP contribution in [0.2, 0.25) is 0 Å². The van der Waals surface area contributed by atoms with Gasteiger partial charge in [0.25, 0.3) is 0 Å². The summed E-state index contributed by atoms with van der Waals surface area (Å²) in [6.45, 7) is 6.10. The van der Waals surface area contributed by atoms with Crippen molar-refractivity contribution in [3.8, 4) is 11.5 Å². The van der Waals surface area contributed by atoms with E-state index in [1.165, 1.54) is 5.56 Å². The Morgan fingerprint density at radius 3 is 2.92 bits per heavy atom. The lowest BCUT2D eigenvalue weighted by atomic mass is 10.2. The maximum absolute atomic E-state index is 5.89. The van der Waals surface area contributed by atoms with E-state index in [0.29, 0.717) is 5.89 Å². The third-order valence-corrected chi connectivity index (χ3v) is 4.33. The largest absolute Gasteiger partial charge is 0.444 e. The zero-order chi connectivity index (χ0) is 17.1. The molecule has 0 N–H and O–H groups in total. The molecule has 130 valence electrons. The average molecular weight is 338 g/mol. The van der Waals surface area contributed by atoms with E-state index in [2.05, 4.69) is 15.0 Å². The number of hydrogen-bond donors (Lipinski definition) is 0. The quantitative estimate of drug-likeness (QED) is 0.716. The minimum absolute atomic E-state index is 0.147. The van der Waals surface area contributed by atoms with E-state index in [9.17, 15) is 0 Å². The fraction of sp³-hybridized carbons (Fsp3) is 0.368. The Balaban J connectivity index is 1.37. The number of hydrogen-bond acceptors (Lipinski definition) is 5. The molecule has 0 unspecified atom stereocenters. The highest BCUT2D eigenvalue weighted by Gasteiger charge is 2.22. The molecule has 25 heavy (non-hydrogen) atoms. The Labute approximate surface area is 147 Å². The highest BCUT2D eigenvalue weighted by atomic mass is 16.5. The standard InChI is InChI=1S/C19H22N4O2/c1-15-9-20-23(10-15)13-18-12-22(7-8-24-18)11-17-14-25-19(21-17)16-5-3-2-4-6-16/h2-6,9-10,14,18H,7-8,11-13H2,1H3/t18-/m1/s1. The highest BCUT2D eigenvalue weighted by molar-refractivity contribution is 5.52. The van der Waals surface area contributed by atoms with Gasteiger partial charge in [0.1, 0.15) is 6.26 Å². The zero-order valence-electron chi connectivity index (χ0n) is 14.3. The Morgan fingerprint density at radius 1 is 1.24 bits per heavy atom. The van der Waals surface area contributed by atoms with E-state index < -0.39 is 0 Å². The molecule has 0 spiro atoms. The number of nitrogens with zero attached hydrogens (tertiary/aromatic N) is 4. The van der Waals surface area contributed by atoms with Crippen molar-refractivity contribution in [2.75, 3.05) is 19.7 Å². The molecule has 0 aliphatic carbocycles. The minimum atomic E-state index is 0.147. The van der Waals surface area contributed by atoms with Crippen LogP contribution in [0.1, 0.15) is 11.3 Å². The third kappa shape index (κ3) is 3.97. The number of rotatable bonds is 5. The van der Waals surface area contributed by atoms with E-state index in [4.69, 9.17) is 9.15 Å². The van der Waals surface area contributed by atoms with Gasteiger partial charge in [-0.15, -0.1) is 0 Å². The summed E-state index contributed by atoms with van der Waals surface area (Å²) in [6.07, 6.45) is 5.82. The Bertz CT molecular complexity index is 812. The number of aryl methyl sites for hydroxylation is 1. The van der Waals surface area contributed by atoms with Crippen molar-refractivity contribution in [1.29, 1.82) is 0 Å². The smallest absolute Gasteiger partial charge is 0.226 e. The van der Waals surface area contributed by atoms with Crippen LogP contribution in [0, 0.1) is 6.92 Å². The van der Waals surface area contributed by atoms with Gasteiger partial charge in [-0.05, 0) is 24.6 Å². The van der Waals surface area contributed by atoms with Crippen LogP contribution in [-0.2, 0) is 17.8 Å². The molecule has 0 saturated carbocycles. The molecule has 4 rings (SSSR count). The van der Waals surface area contributed by atoms with Crippen molar-refractivity contribution in [3.63, 3.8) is 0 Å². The van der Waals surface area contributed by atoms with E-state index in [-0.39, 0.29) is 6.10 Å². The first-order valence-electron chi connectivity index (χ1n) is 8.59. The van der Waals surface area contributed by atoms with Crippen LogP contribution in [-0.4, -0.2) is 45.5 Å². The lowest BCUT2D eigenvalue weighted by Gasteiger charge is -2.32. The molecule has 1 fully saturated rings. The summed E-state index contributed by atoms with van der Waals surface area (Å²) in [5.74, 6) is 0.674. The molecule has 6 heteroatoms. The van der Waals surface area contributed by atoms with Crippen molar-refractivity contribution in [1.82, 2.24) is 19.7 Å². The van der Waals surface area contributed by atoms with Crippen LogP contribution in [0.15, 0.2) is 53.4 Å². The molecule has 1 saturated heterocycles. The van der Waals surface area contributed by atoms with E-state index >= 15 is 0 Å². The van der Waals surface area contributed by atoms with Gasteiger partial charge in [0.2, 0.25) is 5.89 Å². The first-order chi connectivity index (χ1) is 12.3. The molecule has 1 aliphatic heterocycles. The summed E-state index contributed by atoms with van der Waals surface area (Å²) in [5, 5.41) is 4.35. The molecular weight excluding hydrogens is 316 g/mol. The van der Waals surface area contributed by atoms with Crippen LogP contribution >= 0.6 is 0 Å². The average Bonchev–Trinajstić information content (AvgIpc) is 3.25. The summed E-state index contributed by atoms with van der Waals surface area (Å²) in [5.41, 5.74) is 3.13. The lowest BCUT2D eigenvalue weighted by Crippen LogP contribution is -2.43. The van der Waals surface area contributed by atoms with Gasteiger partial charge in [-0.1, -0.05) is 18.2 Å². The molecule has 0 radical (unpaired) electrons. The fourth-order valence-corrected chi connectivity index (χ4v) is 3.13. The van der Waals surface area contributed by atoms with Gasteiger partial charge >= 0.3 is 0 Å². The van der Waals surface area contributed by atoms with Gasteiger partial charge in [0.15, 0.2) is 0 Å². The normalized spacial score (nSPS) is 18.5. The highest BCUT2D eigenvalue weighted by Crippen LogP contribution is 2.19. The second-order valence-corrected chi connectivity index (χ2v) is 6.48. The van der Waals surface area contributed by atoms with Crippen molar-refractivity contribution < 1.29 is 9.15 Å². The molecule has 6 nitrogen and oxygen atoms in total. The van der Waals surface area contributed by atoms with Crippen molar-refractivity contribution in [2.24, 2.45) is 0 Å². The molecule has 3 heterocycles. The predicted octanol–water partition coefficient (Wildman–Crippen LogP) is 2.75. The second kappa shape index (κ2) is 7.21. The number of ether oxygens (including phenoxy) is 1. The van der Waals surface area contributed by atoms with Crippen molar-refractivity contribution in [2.45, 2.75) is 26.1 Å². The van der Waals surface area contributed by atoms with E-state index in [0.717, 1.165) is 44.0 Å². The number of morpholine rings is 1. The molecule has 0 amide bonds. The summed E-state index contributed by atoms with van der Waals surface area (Å²) < 4.78 is 13.5. The monoisotopic (exact) mass is 338 g/mol. The molecular formula is C19H22N4O2.